The number of ether oxygens (including phenoxy) is 1. The van der Waals surface area contributed by atoms with Gasteiger partial charge in [0.05, 0.1) is 0 Å². The number of nitrogen functional groups attached to an aromatic ring is 1. The zero-order valence-corrected chi connectivity index (χ0v) is 8.20. The third-order valence-corrected chi connectivity index (χ3v) is 2.44. The van der Waals surface area contributed by atoms with Crippen LogP contribution < -0.4 is 10.5 Å². The minimum absolute atomic E-state index is 0.726. The molecule has 0 atom stereocenters. The number of nitrogens with two attached hydrogens (primary N) is 1. The predicted molar refractivity (Wildman–Crippen MR) is 58.3 cm³/mol. The van der Waals surface area contributed by atoms with Crippen LogP contribution in [0.25, 0.3) is 0 Å². The van der Waals surface area contributed by atoms with E-state index in [1.54, 1.807) is 0 Å². The second kappa shape index (κ2) is 4.18. The number of anilines is 1. The average molecular weight is 189 g/mol. The monoisotopic (exact) mass is 189 g/mol. The van der Waals surface area contributed by atoms with Gasteiger partial charge in [0.1, 0.15) is 12.4 Å². The van der Waals surface area contributed by atoms with Crippen molar-refractivity contribution in [1.29, 1.82) is 0 Å². The molecular weight excluding hydrogens is 174 g/mol. The zero-order chi connectivity index (χ0) is 9.80. The lowest BCUT2D eigenvalue weighted by Gasteiger charge is -2.06. The number of hydrogen-bond donors (Lipinski definition) is 1. The fraction of sp³-hybridized carbons (Fsp3) is 0.333. The third-order valence-electron chi connectivity index (χ3n) is 2.44. The summed E-state index contributed by atoms with van der Waals surface area (Å²) in [6, 6.07) is 7.53. The molecule has 1 aromatic carbocycles. The van der Waals surface area contributed by atoms with Crippen LogP contribution in [0.1, 0.15) is 19.3 Å². The highest BCUT2D eigenvalue weighted by Crippen LogP contribution is 2.19. The largest absolute Gasteiger partial charge is 0.489 e. The lowest BCUT2D eigenvalue weighted by atomic mass is 10.2. The molecule has 14 heavy (non-hydrogen) atoms. The summed E-state index contributed by atoms with van der Waals surface area (Å²) in [6.07, 6.45) is 5.95. The molecular formula is C12H15NO. The van der Waals surface area contributed by atoms with E-state index < -0.39 is 0 Å². The van der Waals surface area contributed by atoms with Crippen molar-refractivity contribution >= 4 is 5.69 Å². The van der Waals surface area contributed by atoms with Crippen LogP contribution in [0.4, 0.5) is 5.69 Å². The highest BCUT2D eigenvalue weighted by atomic mass is 16.5. The Hall–Kier alpha value is -1.44. The Balaban J connectivity index is 1.88. The van der Waals surface area contributed by atoms with Gasteiger partial charge in [-0.2, -0.15) is 0 Å². The molecule has 2 heteroatoms. The maximum Gasteiger partial charge on any atom is 0.119 e. The molecule has 1 aliphatic rings. The first-order valence-electron chi connectivity index (χ1n) is 5.01. The molecule has 0 radical (unpaired) electrons. The first kappa shape index (κ1) is 9.13. The Morgan fingerprint density at radius 1 is 1.21 bits per heavy atom. The third kappa shape index (κ3) is 2.28. The molecule has 2 N–H and O–H groups in total. The Labute approximate surface area is 84.4 Å². The predicted octanol–water partition coefficient (Wildman–Crippen LogP) is 2.76. The van der Waals surface area contributed by atoms with Crippen LogP contribution in [0, 0.1) is 0 Å². The molecule has 0 unspecified atom stereocenters. The van der Waals surface area contributed by atoms with Gasteiger partial charge in [-0.15, -0.1) is 0 Å². The summed E-state index contributed by atoms with van der Waals surface area (Å²) >= 11 is 0. The quantitative estimate of drug-likeness (QED) is 0.586. The summed E-state index contributed by atoms with van der Waals surface area (Å²) in [7, 11) is 0. The van der Waals surface area contributed by atoms with Gasteiger partial charge in [-0.3, -0.25) is 0 Å². The SMILES string of the molecule is Nc1ccc(OCC2=CCCC2)cc1. The molecule has 0 bridgehead atoms. The van der Waals surface area contributed by atoms with E-state index in [2.05, 4.69) is 6.08 Å². The molecule has 2 nitrogen and oxygen atoms in total. The van der Waals surface area contributed by atoms with Crippen LogP contribution in [0.2, 0.25) is 0 Å². The van der Waals surface area contributed by atoms with Crippen molar-refractivity contribution in [2.75, 3.05) is 12.3 Å². The maximum atomic E-state index is 5.62. The van der Waals surface area contributed by atoms with Crippen LogP contribution in [-0.2, 0) is 0 Å². The Bertz CT molecular complexity index is 327. The minimum atomic E-state index is 0.726. The van der Waals surface area contributed by atoms with Gasteiger partial charge in [0.2, 0.25) is 0 Å². The van der Waals surface area contributed by atoms with Gasteiger partial charge in [0.25, 0.3) is 0 Å². The lowest BCUT2D eigenvalue weighted by Crippen LogP contribution is -1.99. The van der Waals surface area contributed by atoms with E-state index in [-0.39, 0.29) is 0 Å². The molecule has 0 heterocycles. The lowest BCUT2D eigenvalue weighted by molar-refractivity contribution is 0.349. The van der Waals surface area contributed by atoms with Gasteiger partial charge in [-0.25, -0.2) is 0 Å². The van der Waals surface area contributed by atoms with Crippen molar-refractivity contribution in [2.45, 2.75) is 19.3 Å². The molecule has 0 saturated heterocycles. The van der Waals surface area contributed by atoms with E-state index >= 15 is 0 Å². The van der Waals surface area contributed by atoms with E-state index in [0.717, 1.165) is 18.0 Å². The van der Waals surface area contributed by atoms with Crippen molar-refractivity contribution < 1.29 is 4.74 Å². The number of benzene rings is 1. The van der Waals surface area contributed by atoms with Crippen LogP contribution in [-0.4, -0.2) is 6.61 Å². The molecule has 0 spiro atoms. The Morgan fingerprint density at radius 3 is 2.64 bits per heavy atom. The smallest absolute Gasteiger partial charge is 0.119 e. The Morgan fingerprint density at radius 2 is 2.00 bits per heavy atom. The van der Waals surface area contributed by atoms with Crippen LogP contribution in [0.5, 0.6) is 5.75 Å². The maximum absolute atomic E-state index is 5.62. The van der Waals surface area contributed by atoms with Crippen molar-refractivity contribution in [1.82, 2.24) is 0 Å². The second-order valence-electron chi connectivity index (χ2n) is 3.61. The highest BCUT2D eigenvalue weighted by Gasteiger charge is 2.04. The summed E-state index contributed by atoms with van der Waals surface area (Å²) in [5, 5.41) is 0. The number of rotatable bonds is 3. The molecule has 0 amide bonds. The van der Waals surface area contributed by atoms with Crippen molar-refractivity contribution in [3.05, 3.63) is 35.9 Å². The van der Waals surface area contributed by atoms with E-state index in [1.165, 1.54) is 24.8 Å². The molecule has 0 saturated carbocycles. The fourth-order valence-corrected chi connectivity index (χ4v) is 1.61. The summed E-state index contributed by atoms with van der Waals surface area (Å²) < 4.78 is 5.62. The van der Waals surface area contributed by atoms with Gasteiger partial charge >= 0.3 is 0 Å². The summed E-state index contributed by atoms with van der Waals surface area (Å²) in [5.41, 5.74) is 7.77. The molecule has 0 aliphatic heterocycles. The van der Waals surface area contributed by atoms with Crippen molar-refractivity contribution in [3.8, 4) is 5.75 Å². The average Bonchev–Trinajstić information content (AvgIpc) is 2.70. The first-order chi connectivity index (χ1) is 6.84. The molecule has 0 aromatic heterocycles. The molecule has 2 rings (SSSR count). The molecule has 1 aliphatic carbocycles. The van der Waals surface area contributed by atoms with Crippen LogP contribution in [0.15, 0.2) is 35.9 Å². The highest BCUT2D eigenvalue weighted by molar-refractivity contribution is 5.41. The summed E-state index contributed by atoms with van der Waals surface area (Å²) in [4.78, 5) is 0. The molecule has 0 fully saturated rings. The minimum Gasteiger partial charge on any atom is -0.489 e. The van der Waals surface area contributed by atoms with E-state index in [0.29, 0.717) is 0 Å². The normalized spacial score (nSPS) is 15.3. The number of hydrogen-bond acceptors (Lipinski definition) is 2. The molecule has 1 aromatic rings. The van der Waals surface area contributed by atoms with E-state index in [4.69, 9.17) is 10.5 Å². The van der Waals surface area contributed by atoms with Gasteiger partial charge in [-0.1, -0.05) is 6.08 Å². The van der Waals surface area contributed by atoms with Gasteiger partial charge in [0.15, 0.2) is 0 Å². The first-order valence-corrected chi connectivity index (χ1v) is 5.01. The summed E-state index contributed by atoms with van der Waals surface area (Å²) in [5.74, 6) is 0.895. The van der Waals surface area contributed by atoms with E-state index in [1.807, 2.05) is 24.3 Å². The van der Waals surface area contributed by atoms with Gasteiger partial charge in [0, 0.05) is 5.69 Å². The van der Waals surface area contributed by atoms with E-state index in [9.17, 15) is 0 Å². The summed E-state index contributed by atoms with van der Waals surface area (Å²) in [6.45, 7) is 0.726. The second-order valence-corrected chi connectivity index (χ2v) is 3.61. The van der Waals surface area contributed by atoms with Crippen LogP contribution >= 0.6 is 0 Å². The van der Waals surface area contributed by atoms with Gasteiger partial charge < -0.3 is 10.5 Å². The van der Waals surface area contributed by atoms with Crippen molar-refractivity contribution in [3.63, 3.8) is 0 Å². The number of allylic oxidation sites excluding steroid dienone is 1. The zero-order valence-electron chi connectivity index (χ0n) is 8.20. The topological polar surface area (TPSA) is 35.2 Å². The molecule has 74 valence electrons. The van der Waals surface area contributed by atoms with Crippen LogP contribution in [0.3, 0.4) is 0 Å². The van der Waals surface area contributed by atoms with Gasteiger partial charge in [-0.05, 0) is 49.1 Å². The standard InChI is InChI=1S/C12H15NO/c13-11-5-7-12(8-6-11)14-9-10-3-1-2-4-10/h3,5-8H,1-2,4,9,13H2. The fourth-order valence-electron chi connectivity index (χ4n) is 1.61. The van der Waals surface area contributed by atoms with Crippen molar-refractivity contribution in [2.24, 2.45) is 0 Å². The Kier molecular flexibility index (Phi) is 2.73.